The van der Waals surface area contributed by atoms with Gasteiger partial charge in [0.15, 0.2) is 0 Å². The third-order valence-electron chi connectivity index (χ3n) is 8.19. The summed E-state index contributed by atoms with van der Waals surface area (Å²) in [7, 11) is 3.66. The van der Waals surface area contributed by atoms with E-state index in [2.05, 4.69) is 63.4 Å². The lowest BCUT2D eigenvalue weighted by molar-refractivity contribution is 0.0509. The Hall–Kier alpha value is -4.22. The number of amides is 1. The Balaban J connectivity index is 1.57. The van der Waals surface area contributed by atoms with Gasteiger partial charge in [0.05, 0.1) is 49.0 Å². The van der Waals surface area contributed by atoms with Crippen molar-refractivity contribution in [2.75, 3.05) is 37.0 Å². The number of carbonyl (C=O) groups is 1. The quantitative estimate of drug-likeness (QED) is 0.200. The Labute approximate surface area is 282 Å². The van der Waals surface area contributed by atoms with Crippen molar-refractivity contribution in [1.82, 2.24) is 24.8 Å². The highest BCUT2D eigenvalue weighted by Crippen LogP contribution is 2.32. The summed E-state index contributed by atoms with van der Waals surface area (Å²) in [5.41, 5.74) is 5.21. The molecule has 1 aliphatic heterocycles. The molecule has 3 heterocycles. The Morgan fingerprint density at radius 3 is 2.55 bits per heavy atom. The first-order chi connectivity index (χ1) is 22.4. The van der Waals surface area contributed by atoms with Crippen LogP contribution in [-0.2, 0) is 11.3 Å². The van der Waals surface area contributed by atoms with Crippen molar-refractivity contribution in [2.24, 2.45) is 5.41 Å². The maximum absolute atomic E-state index is 14.5. The van der Waals surface area contributed by atoms with Crippen LogP contribution in [0.3, 0.4) is 0 Å². The molecule has 47 heavy (non-hydrogen) atoms. The van der Waals surface area contributed by atoms with Crippen molar-refractivity contribution >= 4 is 29.6 Å². The molecule has 4 bridgehead atoms. The van der Waals surface area contributed by atoms with Crippen LogP contribution < -0.4 is 14.4 Å². The number of hydrogen-bond donors (Lipinski definition) is 1. The summed E-state index contributed by atoms with van der Waals surface area (Å²) in [6.07, 6.45) is 4.15. The first kappa shape index (κ1) is 34.1. The number of likely N-dealkylation sites (N-methyl/N-ethyl adjacent to an activating group) is 1. The molecule has 0 unspecified atom stereocenters. The lowest BCUT2D eigenvalue weighted by Crippen LogP contribution is -2.45. The zero-order chi connectivity index (χ0) is 33.7. The van der Waals surface area contributed by atoms with E-state index >= 15 is 0 Å². The lowest BCUT2D eigenvalue weighted by Gasteiger charge is -2.35. The van der Waals surface area contributed by atoms with E-state index in [0.29, 0.717) is 41.9 Å². The van der Waals surface area contributed by atoms with E-state index in [4.69, 9.17) is 24.4 Å². The van der Waals surface area contributed by atoms with Gasteiger partial charge in [0.2, 0.25) is 11.8 Å². The van der Waals surface area contributed by atoms with E-state index in [-0.39, 0.29) is 36.6 Å². The van der Waals surface area contributed by atoms with Crippen molar-refractivity contribution in [3.63, 3.8) is 0 Å². The van der Waals surface area contributed by atoms with Crippen molar-refractivity contribution in [3.8, 4) is 17.1 Å². The molecular formula is C36H45N7O3S. The number of aryl methyl sites for hydroxylation is 2. The van der Waals surface area contributed by atoms with Crippen LogP contribution in [0.15, 0.2) is 65.8 Å². The fourth-order valence-electron chi connectivity index (χ4n) is 5.76. The second-order valence-corrected chi connectivity index (χ2v) is 14.2. The molecule has 1 N–H and O–H groups in total. The predicted octanol–water partition coefficient (Wildman–Crippen LogP) is 6.98. The number of aromatic nitrogens is 4. The first-order valence-corrected chi connectivity index (χ1v) is 16.7. The lowest BCUT2D eigenvalue weighted by atomic mass is 9.87. The molecule has 10 nitrogen and oxygen atoms in total. The molecule has 0 spiro atoms. The van der Waals surface area contributed by atoms with Gasteiger partial charge in [-0.25, -0.2) is 9.97 Å². The smallest absolute Gasteiger partial charge is 0.254 e. The summed E-state index contributed by atoms with van der Waals surface area (Å²) in [5.74, 6) is 1.48. The van der Waals surface area contributed by atoms with Gasteiger partial charge in [-0.1, -0.05) is 45.0 Å². The number of methoxy groups -OCH3 is 1. The van der Waals surface area contributed by atoms with Gasteiger partial charge in [-0.05, 0) is 73.9 Å². The van der Waals surface area contributed by atoms with E-state index in [1.54, 1.807) is 19.5 Å². The molecule has 0 saturated heterocycles. The number of anilines is 2. The van der Waals surface area contributed by atoms with E-state index in [1.807, 2.05) is 53.2 Å². The Morgan fingerprint density at radius 2 is 1.83 bits per heavy atom. The van der Waals surface area contributed by atoms with E-state index in [1.165, 1.54) is 11.9 Å². The molecule has 1 aliphatic rings. The largest absolute Gasteiger partial charge is 0.475 e. The van der Waals surface area contributed by atoms with Crippen LogP contribution in [0.1, 0.15) is 61.3 Å². The number of ether oxygens (including phenoxy) is 2. The predicted molar refractivity (Wildman–Crippen MR) is 188 cm³/mol. The highest BCUT2D eigenvalue weighted by Gasteiger charge is 2.31. The van der Waals surface area contributed by atoms with Gasteiger partial charge in [-0.15, -0.1) is 0 Å². The molecule has 2 aromatic carbocycles. The SMILES string of the molecule is COC[C@@H](C)N(C)c1cncc(CN2C(=O)c3cccc(c3)SNc3nc(cc(-c4c(C)cccc4C)n3)OC[C@H]2CC(C)(C)C)n1. The second kappa shape index (κ2) is 14.7. The summed E-state index contributed by atoms with van der Waals surface area (Å²) in [5, 5.41) is 0. The number of nitrogens with one attached hydrogen (secondary N) is 1. The summed E-state index contributed by atoms with van der Waals surface area (Å²) in [6, 6.07) is 15.5. The molecule has 0 saturated carbocycles. The number of benzene rings is 2. The summed E-state index contributed by atoms with van der Waals surface area (Å²) in [4.78, 5) is 38.3. The number of nitrogens with zero attached hydrogens (tertiary/aromatic N) is 6. The standard InChI is InChI=1S/C36H45N7O3S/c1-23-11-9-12-24(2)33(23)30-16-32-40-35(39-30)41-47-29-14-10-13-26(15-29)34(44)43(28(22-46-32)17-36(4,5)6)20-27-18-37-19-31(38-27)42(7)25(3)21-45-8/h9-16,18-19,25,28H,17,20-22H2,1-8H3,(H,39,40,41)/t25-,28-/m1/s1. The molecule has 0 radical (unpaired) electrons. The molecule has 0 fully saturated rings. The molecule has 248 valence electrons. The van der Waals surface area contributed by atoms with Crippen molar-refractivity contribution in [1.29, 1.82) is 0 Å². The van der Waals surface area contributed by atoms with Crippen LogP contribution in [0, 0.1) is 19.3 Å². The van der Waals surface area contributed by atoms with E-state index in [9.17, 15) is 4.79 Å². The Kier molecular flexibility index (Phi) is 10.7. The van der Waals surface area contributed by atoms with Gasteiger partial charge in [0.25, 0.3) is 5.91 Å². The van der Waals surface area contributed by atoms with Gasteiger partial charge in [0.1, 0.15) is 12.4 Å². The van der Waals surface area contributed by atoms with Crippen LogP contribution in [0.5, 0.6) is 5.88 Å². The molecule has 0 aliphatic carbocycles. The van der Waals surface area contributed by atoms with E-state index in [0.717, 1.165) is 27.3 Å². The van der Waals surface area contributed by atoms with Crippen LogP contribution >= 0.6 is 11.9 Å². The minimum absolute atomic E-state index is 0.0961. The van der Waals surface area contributed by atoms with Gasteiger partial charge < -0.3 is 19.3 Å². The third kappa shape index (κ3) is 8.58. The number of rotatable bonds is 8. The maximum atomic E-state index is 14.5. The fraction of sp³-hybridized carbons (Fsp3) is 0.417. The highest BCUT2D eigenvalue weighted by molar-refractivity contribution is 8.00. The Morgan fingerprint density at radius 1 is 1.09 bits per heavy atom. The molecular weight excluding hydrogens is 611 g/mol. The average molecular weight is 656 g/mol. The molecule has 11 heteroatoms. The first-order valence-electron chi connectivity index (χ1n) is 15.9. The number of hydrogen-bond acceptors (Lipinski definition) is 10. The normalized spacial score (nSPS) is 15.9. The summed E-state index contributed by atoms with van der Waals surface area (Å²) in [6.45, 7) is 13.8. The second-order valence-electron chi connectivity index (χ2n) is 13.4. The van der Waals surface area contributed by atoms with Crippen molar-refractivity contribution in [3.05, 3.63) is 83.3 Å². The van der Waals surface area contributed by atoms with Gasteiger partial charge >= 0.3 is 0 Å². The van der Waals surface area contributed by atoms with Gasteiger partial charge in [0, 0.05) is 36.2 Å². The number of carbonyl (C=O) groups excluding carboxylic acids is 1. The monoisotopic (exact) mass is 655 g/mol. The van der Waals surface area contributed by atoms with Crippen molar-refractivity contribution < 1.29 is 14.3 Å². The van der Waals surface area contributed by atoms with Gasteiger partial charge in [-0.3, -0.25) is 14.5 Å². The summed E-state index contributed by atoms with van der Waals surface area (Å²) >= 11 is 1.36. The highest BCUT2D eigenvalue weighted by atomic mass is 32.2. The average Bonchev–Trinajstić information content (AvgIpc) is 3.03. The zero-order valence-electron chi connectivity index (χ0n) is 28.6. The molecule has 5 rings (SSSR count). The molecule has 2 atom stereocenters. The Bertz CT molecular complexity index is 1690. The molecule has 4 aromatic rings. The number of fused-ring (bicyclic) bond motifs is 4. The summed E-state index contributed by atoms with van der Waals surface area (Å²) < 4.78 is 15.1. The maximum Gasteiger partial charge on any atom is 0.254 e. The van der Waals surface area contributed by atoms with Crippen LogP contribution in [-0.4, -0.2) is 70.2 Å². The minimum atomic E-state index is -0.301. The van der Waals surface area contributed by atoms with E-state index < -0.39 is 0 Å². The molecule has 2 aromatic heterocycles. The van der Waals surface area contributed by atoms with Crippen LogP contribution in [0.25, 0.3) is 11.3 Å². The zero-order valence-corrected chi connectivity index (χ0v) is 29.4. The third-order valence-corrected chi connectivity index (χ3v) is 8.96. The van der Waals surface area contributed by atoms with Crippen molar-refractivity contribution in [2.45, 2.75) is 71.5 Å². The minimum Gasteiger partial charge on any atom is -0.475 e. The van der Waals surface area contributed by atoms with Gasteiger partial charge in [-0.2, -0.15) is 4.98 Å². The van der Waals surface area contributed by atoms with Crippen LogP contribution in [0.2, 0.25) is 0 Å². The topological polar surface area (TPSA) is 106 Å². The van der Waals surface area contributed by atoms with Crippen LogP contribution in [0.4, 0.5) is 11.8 Å². The fourth-order valence-corrected chi connectivity index (χ4v) is 6.40. The molecule has 1 amide bonds.